The maximum atomic E-state index is 12.9. The lowest BCUT2D eigenvalue weighted by Gasteiger charge is -2.21. The largest absolute Gasteiger partial charge is 0.486 e. The van der Waals surface area contributed by atoms with Gasteiger partial charge in [0, 0.05) is 25.0 Å². The van der Waals surface area contributed by atoms with Crippen LogP contribution in [0.15, 0.2) is 60.0 Å². The second kappa shape index (κ2) is 9.34. The molecule has 0 fully saturated rings. The van der Waals surface area contributed by atoms with E-state index >= 15 is 0 Å². The van der Waals surface area contributed by atoms with Gasteiger partial charge >= 0.3 is 5.97 Å². The van der Waals surface area contributed by atoms with Gasteiger partial charge in [0.25, 0.3) is 5.91 Å². The highest BCUT2D eigenvalue weighted by atomic mass is 32.1. The molecule has 0 saturated heterocycles. The lowest BCUT2D eigenvalue weighted by atomic mass is 10.1. The number of ether oxygens (including phenoxy) is 2. The number of likely N-dealkylation sites (N-methyl/N-ethyl adjacent to an activating group) is 1. The van der Waals surface area contributed by atoms with Crippen LogP contribution >= 0.6 is 11.3 Å². The van der Waals surface area contributed by atoms with Crippen LogP contribution in [0.4, 0.5) is 0 Å². The van der Waals surface area contributed by atoms with Crippen molar-refractivity contribution in [1.29, 1.82) is 0 Å². The number of nitrogens with zero attached hydrogens (tertiary/aromatic N) is 2. The predicted molar refractivity (Wildman–Crippen MR) is 111 cm³/mol. The molecule has 7 heteroatoms. The van der Waals surface area contributed by atoms with Crippen molar-refractivity contribution in [3.63, 3.8) is 0 Å². The van der Waals surface area contributed by atoms with E-state index in [4.69, 9.17) is 9.47 Å². The minimum absolute atomic E-state index is 0.243. The summed E-state index contributed by atoms with van der Waals surface area (Å²) in [6.45, 7) is 2.17. The summed E-state index contributed by atoms with van der Waals surface area (Å²) < 4.78 is 11.4. The predicted octanol–water partition coefficient (Wildman–Crippen LogP) is 4.02. The average molecular weight is 410 g/mol. The Balaban J connectivity index is 1.80. The van der Waals surface area contributed by atoms with E-state index in [2.05, 4.69) is 4.98 Å². The number of hydrogen-bond acceptors (Lipinski definition) is 6. The number of esters is 1. The zero-order valence-electron chi connectivity index (χ0n) is 16.5. The van der Waals surface area contributed by atoms with E-state index in [0.717, 1.165) is 10.7 Å². The molecule has 3 rings (SSSR count). The highest BCUT2D eigenvalue weighted by molar-refractivity contribution is 7.09. The zero-order valence-corrected chi connectivity index (χ0v) is 17.3. The smallest absolute Gasteiger partial charge is 0.343 e. The van der Waals surface area contributed by atoms with E-state index in [-0.39, 0.29) is 18.1 Å². The molecule has 6 nitrogen and oxygen atoms in total. The Bertz CT molecular complexity index is 985. The van der Waals surface area contributed by atoms with Crippen molar-refractivity contribution in [1.82, 2.24) is 9.88 Å². The van der Waals surface area contributed by atoms with Crippen LogP contribution in [0.25, 0.3) is 0 Å². The summed E-state index contributed by atoms with van der Waals surface area (Å²) in [4.78, 5) is 31.3. The number of amides is 1. The first-order chi connectivity index (χ1) is 14.0. The van der Waals surface area contributed by atoms with Crippen LogP contribution in [0.3, 0.4) is 0 Å². The van der Waals surface area contributed by atoms with Crippen molar-refractivity contribution in [2.45, 2.75) is 19.6 Å². The van der Waals surface area contributed by atoms with Crippen LogP contribution in [0.5, 0.6) is 5.75 Å². The Labute approximate surface area is 173 Å². The molecule has 0 radical (unpaired) electrons. The quantitative estimate of drug-likeness (QED) is 0.551. The van der Waals surface area contributed by atoms with Gasteiger partial charge in [-0.05, 0) is 19.1 Å². The van der Waals surface area contributed by atoms with Crippen molar-refractivity contribution >= 4 is 23.2 Å². The average Bonchev–Trinajstić information content (AvgIpc) is 3.15. The number of hydrogen-bond donors (Lipinski definition) is 0. The molecule has 0 bridgehead atoms. The fraction of sp³-hybridized carbons (Fsp3) is 0.227. The molecule has 0 aliphatic rings. The Kier molecular flexibility index (Phi) is 6.61. The third kappa shape index (κ3) is 5.20. The van der Waals surface area contributed by atoms with Crippen LogP contribution in [0, 0.1) is 6.92 Å². The first kappa shape index (κ1) is 20.5. The second-order valence-corrected chi connectivity index (χ2v) is 7.63. The third-order valence-electron chi connectivity index (χ3n) is 4.14. The second-order valence-electron chi connectivity index (χ2n) is 6.57. The lowest BCUT2D eigenvalue weighted by Crippen LogP contribution is -2.31. The molecule has 0 saturated carbocycles. The molecule has 1 amide bonds. The molecule has 2 aromatic carbocycles. The molecule has 150 valence electrons. The SMILES string of the molecule is Cc1nc(COc2ccccc2C(=O)O[C@@H](C(=O)N(C)C)c2ccccc2)cs1. The molecule has 1 atom stereocenters. The summed E-state index contributed by atoms with van der Waals surface area (Å²) in [5.41, 5.74) is 1.66. The summed E-state index contributed by atoms with van der Waals surface area (Å²) in [6.07, 6.45) is -1.03. The molecular weight excluding hydrogens is 388 g/mol. The van der Waals surface area contributed by atoms with Crippen LogP contribution in [0.2, 0.25) is 0 Å². The Morgan fingerprint density at radius 3 is 2.41 bits per heavy atom. The van der Waals surface area contributed by atoms with E-state index in [1.807, 2.05) is 18.4 Å². The first-order valence-electron chi connectivity index (χ1n) is 9.05. The van der Waals surface area contributed by atoms with Crippen LogP contribution in [-0.4, -0.2) is 35.9 Å². The van der Waals surface area contributed by atoms with Crippen molar-refractivity contribution in [3.05, 3.63) is 81.8 Å². The number of benzene rings is 2. The molecular formula is C22H22N2O4S. The van der Waals surface area contributed by atoms with E-state index in [1.54, 1.807) is 62.6 Å². The van der Waals surface area contributed by atoms with Crippen molar-refractivity contribution in [2.24, 2.45) is 0 Å². The van der Waals surface area contributed by atoms with Gasteiger partial charge in [-0.3, -0.25) is 4.79 Å². The normalized spacial score (nSPS) is 11.6. The maximum absolute atomic E-state index is 12.9. The van der Waals surface area contributed by atoms with Gasteiger partial charge < -0.3 is 14.4 Å². The summed E-state index contributed by atoms with van der Waals surface area (Å²) in [5, 5.41) is 2.86. The monoisotopic (exact) mass is 410 g/mol. The van der Waals surface area contributed by atoms with Gasteiger partial charge in [-0.1, -0.05) is 42.5 Å². The summed E-state index contributed by atoms with van der Waals surface area (Å²) in [6, 6.07) is 15.8. The molecule has 3 aromatic rings. The Morgan fingerprint density at radius 1 is 1.07 bits per heavy atom. The van der Waals surface area contributed by atoms with Crippen LogP contribution in [0.1, 0.15) is 32.7 Å². The number of aromatic nitrogens is 1. The van der Waals surface area contributed by atoms with E-state index < -0.39 is 12.1 Å². The van der Waals surface area contributed by atoms with Gasteiger partial charge in [-0.15, -0.1) is 11.3 Å². The minimum atomic E-state index is -1.03. The van der Waals surface area contributed by atoms with Gasteiger partial charge in [0.2, 0.25) is 6.10 Å². The zero-order chi connectivity index (χ0) is 20.8. The summed E-state index contributed by atoms with van der Waals surface area (Å²) >= 11 is 1.54. The topological polar surface area (TPSA) is 68.7 Å². The van der Waals surface area contributed by atoms with E-state index in [0.29, 0.717) is 11.3 Å². The summed E-state index contributed by atoms with van der Waals surface area (Å²) in [7, 11) is 3.25. The lowest BCUT2D eigenvalue weighted by molar-refractivity contribution is -0.138. The van der Waals surface area contributed by atoms with Gasteiger partial charge in [0.15, 0.2) is 0 Å². The maximum Gasteiger partial charge on any atom is 0.343 e. The molecule has 0 aliphatic carbocycles. The molecule has 0 spiro atoms. The standard InChI is InChI=1S/C22H22N2O4S/c1-15-23-17(14-29-15)13-27-19-12-8-7-11-18(19)22(26)28-20(21(25)24(2)3)16-9-5-4-6-10-16/h4-12,14,20H,13H2,1-3H3/t20-/m1/s1. The molecule has 1 heterocycles. The molecule has 0 aliphatic heterocycles. The molecule has 1 aromatic heterocycles. The number of thiazole rings is 1. The molecule has 29 heavy (non-hydrogen) atoms. The van der Waals surface area contributed by atoms with Gasteiger partial charge in [-0.2, -0.15) is 0 Å². The fourth-order valence-corrected chi connectivity index (χ4v) is 3.28. The highest BCUT2D eigenvalue weighted by Crippen LogP contribution is 2.25. The number of aryl methyl sites for hydroxylation is 1. The third-order valence-corrected chi connectivity index (χ3v) is 4.96. The van der Waals surface area contributed by atoms with Gasteiger partial charge in [-0.25, -0.2) is 9.78 Å². The molecule has 0 N–H and O–H groups in total. The Hall–Kier alpha value is -3.19. The fourth-order valence-electron chi connectivity index (χ4n) is 2.68. The minimum Gasteiger partial charge on any atom is -0.486 e. The van der Waals surface area contributed by atoms with Crippen molar-refractivity contribution in [2.75, 3.05) is 14.1 Å². The van der Waals surface area contributed by atoms with Gasteiger partial charge in [0.05, 0.1) is 10.7 Å². The van der Waals surface area contributed by atoms with Crippen molar-refractivity contribution < 1.29 is 19.1 Å². The van der Waals surface area contributed by atoms with Crippen LogP contribution in [-0.2, 0) is 16.1 Å². The highest BCUT2D eigenvalue weighted by Gasteiger charge is 2.28. The number of para-hydroxylation sites is 1. The van der Waals surface area contributed by atoms with E-state index in [1.165, 1.54) is 16.2 Å². The summed E-state index contributed by atoms with van der Waals surface area (Å²) in [5.74, 6) is -0.563. The Morgan fingerprint density at radius 2 is 1.76 bits per heavy atom. The van der Waals surface area contributed by atoms with E-state index in [9.17, 15) is 9.59 Å². The van der Waals surface area contributed by atoms with Crippen molar-refractivity contribution in [3.8, 4) is 5.75 Å². The first-order valence-corrected chi connectivity index (χ1v) is 9.93. The number of carbonyl (C=O) groups is 2. The van der Waals surface area contributed by atoms with Crippen LogP contribution < -0.4 is 4.74 Å². The number of carbonyl (C=O) groups excluding carboxylic acids is 2. The van der Waals surface area contributed by atoms with Gasteiger partial charge in [0.1, 0.15) is 17.9 Å². The number of rotatable bonds is 7. The molecule has 0 unspecified atom stereocenters.